The van der Waals surface area contributed by atoms with Crippen molar-refractivity contribution in [3.63, 3.8) is 0 Å². The lowest BCUT2D eigenvalue weighted by atomic mass is 10.1. The first-order valence-corrected chi connectivity index (χ1v) is 21.3. The van der Waals surface area contributed by atoms with Gasteiger partial charge in [-0.25, -0.2) is 0 Å². The molecular formula is C40H50N12O22. The van der Waals surface area contributed by atoms with Crippen molar-refractivity contribution < 1.29 is 64.4 Å². The van der Waals surface area contributed by atoms with Crippen LogP contribution in [-0.4, -0.2) is 140 Å². The number of rotatable bonds is 23. The van der Waals surface area contributed by atoms with Crippen molar-refractivity contribution in [1.82, 2.24) is 14.7 Å². The molecule has 4 aromatic carbocycles. The minimum atomic E-state index is -1.21. The van der Waals surface area contributed by atoms with Crippen LogP contribution < -0.4 is 4.74 Å². The summed E-state index contributed by atoms with van der Waals surface area (Å²) < 4.78 is 5.88. The standard InChI is InChI=1S/C22H41N3O.3C6H3N3O7/c1-7-24(8-2)16-15-23(6)20(5)19-21-11-13-22(14-12-21)26-18-17-25(9-3)10-4;3*10-6-4(8(13)14)1-3(7(11)12)2-5(6)9(15)16/h11-14,20H,7-10,15-19H2,1-6H3;3*1-2,10H. The number of nitro groups is 9. The van der Waals surface area contributed by atoms with Crippen molar-refractivity contribution in [1.29, 1.82) is 0 Å². The number of ether oxygens (including phenoxy) is 1. The maximum atomic E-state index is 10.4. The highest BCUT2D eigenvalue weighted by molar-refractivity contribution is 5.66. The van der Waals surface area contributed by atoms with Crippen LogP contribution in [0.2, 0.25) is 0 Å². The van der Waals surface area contributed by atoms with Gasteiger partial charge >= 0.3 is 34.1 Å². The Hall–Kier alpha value is -9.44. The van der Waals surface area contributed by atoms with E-state index in [4.69, 9.17) is 20.1 Å². The molecule has 0 saturated heterocycles. The van der Waals surface area contributed by atoms with Crippen molar-refractivity contribution in [3.8, 4) is 23.0 Å². The highest BCUT2D eigenvalue weighted by Crippen LogP contribution is 2.41. The van der Waals surface area contributed by atoms with Crippen LogP contribution in [0.3, 0.4) is 0 Å². The van der Waals surface area contributed by atoms with Crippen molar-refractivity contribution >= 4 is 51.2 Å². The number of nitro benzene ring substituents is 9. The number of non-ortho nitro benzene ring substituents is 3. The molecule has 0 radical (unpaired) electrons. The molecule has 402 valence electrons. The SMILES string of the molecule is CCN(CC)CCOc1ccc(CC(C)N(C)CCN(CC)CC)cc1.O=[N+]([O-])c1cc([N+](=O)[O-])c(O)c([N+](=O)[O-])c1.O=[N+]([O-])c1cc([N+](=O)[O-])c(O)c([N+](=O)[O-])c1.O=[N+]([O-])c1cc([N+](=O)[O-])c(O)c([N+](=O)[O-])c1. The molecule has 0 bridgehead atoms. The van der Waals surface area contributed by atoms with E-state index in [1.54, 1.807) is 0 Å². The van der Waals surface area contributed by atoms with E-state index in [2.05, 4.69) is 80.6 Å². The number of aromatic hydroxyl groups is 3. The molecule has 4 rings (SSSR count). The summed E-state index contributed by atoms with van der Waals surface area (Å²) in [6, 6.07) is 11.9. The van der Waals surface area contributed by atoms with Gasteiger partial charge in [-0.05, 0) is 64.3 Å². The maximum absolute atomic E-state index is 10.4. The molecule has 0 fully saturated rings. The van der Waals surface area contributed by atoms with Gasteiger partial charge in [-0.3, -0.25) is 91.0 Å². The van der Waals surface area contributed by atoms with Crippen LogP contribution in [0, 0.1) is 91.0 Å². The van der Waals surface area contributed by atoms with E-state index in [1.165, 1.54) is 5.56 Å². The van der Waals surface area contributed by atoms with Crippen LogP contribution in [0.1, 0.15) is 40.2 Å². The first kappa shape index (κ1) is 62.6. The fourth-order valence-electron chi connectivity index (χ4n) is 6.03. The zero-order valence-electron chi connectivity index (χ0n) is 40.2. The van der Waals surface area contributed by atoms with Crippen LogP contribution in [0.4, 0.5) is 51.2 Å². The van der Waals surface area contributed by atoms with Gasteiger partial charge in [0.15, 0.2) is 0 Å². The Labute approximate surface area is 416 Å². The van der Waals surface area contributed by atoms with Gasteiger partial charge in [0.1, 0.15) is 12.4 Å². The van der Waals surface area contributed by atoms with Crippen LogP contribution in [-0.2, 0) is 6.42 Å². The molecule has 34 nitrogen and oxygen atoms in total. The van der Waals surface area contributed by atoms with Crippen molar-refractivity contribution in [3.05, 3.63) is 157 Å². The van der Waals surface area contributed by atoms with E-state index in [0.717, 1.165) is 64.6 Å². The minimum Gasteiger partial charge on any atom is -0.497 e. The third-order valence-corrected chi connectivity index (χ3v) is 10.4. The fourth-order valence-corrected chi connectivity index (χ4v) is 6.03. The molecule has 0 aliphatic heterocycles. The summed E-state index contributed by atoms with van der Waals surface area (Å²) in [5, 5.41) is 121. The number of benzene rings is 4. The van der Waals surface area contributed by atoms with Gasteiger partial charge in [0.05, 0.1) is 80.7 Å². The predicted molar refractivity (Wildman–Crippen MR) is 258 cm³/mol. The fraction of sp³-hybridized carbons (Fsp3) is 0.400. The monoisotopic (exact) mass is 1050 g/mol. The maximum Gasteiger partial charge on any atom is 0.324 e. The molecule has 1 unspecified atom stereocenters. The smallest absolute Gasteiger partial charge is 0.324 e. The zero-order valence-corrected chi connectivity index (χ0v) is 40.2. The van der Waals surface area contributed by atoms with Crippen LogP contribution in [0.5, 0.6) is 23.0 Å². The van der Waals surface area contributed by atoms with Gasteiger partial charge in [0.25, 0.3) is 34.3 Å². The topological polar surface area (TPSA) is 468 Å². The van der Waals surface area contributed by atoms with Crippen molar-refractivity contribution in [2.45, 2.75) is 47.1 Å². The van der Waals surface area contributed by atoms with E-state index < -0.39 is 113 Å². The highest BCUT2D eigenvalue weighted by atomic mass is 16.7. The summed E-state index contributed by atoms with van der Waals surface area (Å²) >= 11 is 0. The Balaban J connectivity index is 0.000000507. The van der Waals surface area contributed by atoms with Crippen molar-refractivity contribution in [2.75, 3.05) is 59.5 Å². The lowest BCUT2D eigenvalue weighted by Gasteiger charge is -2.28. The second-order valence-corrected chi connectivity index (χ2v) is 14.9. The van der Waals surface area contributed by atoms with Crippen LogP contribution >= 0.6 is 0 Å². The van der Waals surface area contributed by atoms with E-state index in [1.807, 2.05) is 0 Å². The molecular weight excluding hydrogens is 1000 g/mol. The quantitative estimate of drug-likeness (QED) is 0.0499. The summed E-state index contributed by atoms with van der Waals surface area (Å²) in [5.41, 5.74) is -7.63. The third-order valence-electron chi connectivity index (χ3n) is 10.4. The second-order valence-electron chi connectivity index (χ2n) is 14.9. The van der Waals surface area contributed by atoms with Gasteiger partial charge in [-0.2, -0.15) is 0 Å². The summed E-state index contributed by atoms with van der Waals surface area (Å²) in [4.78, 5) is 90.6. The number of likely N-dealkylation sites (N-methyl/N-ethyl adjacent to an activating group) is 3. The molecule has 3 N–H and O–H groups in total. The second kappa shape index (κ2) is 29.7. The van der Waals surface area contributed by atoms with E-state index >= 15 is 0 Å². The van der Waals surface area contributed by atoms with E-state index in [-0.39, 0.29) is 0 Å². The largest absolute Gasteiger partial charge is 0.497 e. The number of phenolic OH excluding ortho intramolecular Hbond substituents is 3. The zero-order chi connectivity index (χ0) is 56.7. The van der Waals surface area contributed by atoms with Crippen molar-refractivity contribution in [2.24, 2.45) is 0 Å². The molecule has 0 saturated carbocycles. The molecule has 0 aromatic heterocycles. The van der Waals surface area contributed by atoms with Gasteiger partial charge in [-0.1, -0.05) is 39.8 Å². The number of nitrogens with zero attached hydrogens (tertiary/aromatic N) is 12. The minimum absolute atomic E-state index is 0.447. The molecule has 1 atom stereocenters. The summed E-state index contributed by atoms with van der Waals surface area (Å²) in [6.07, 6.45) is 1.08. The lowest BCUT2D eigenvalue weighted by molar-refractivity contribution is -0.404. The highest BCUT2D eigenvalue weighted by Gasteiger charge is 2.32. The molecule has 34 heteroatoms. The molecule has 0 heterocycles. The predicted octanol–water partition coefficient (Wildman–Crippen LogP) is 6.96. The number of hydrogen-bond donors (Lipinski definition) is 3. The van der Waals surface area contributed by atoms with Gasteiger partial charge in [0, 0.05) is 25.7 Å². The summed E-state index contributed by atoms with van der Waals surface area (Å²) in [5.74, 6) is -2.65. The van der Waals surface area contributed by atoms with Crippen LogP contribution in [0.15, 0.2) is 60.7 Å². The molecule has 0 aliphatic rings. The van der Waals surface area contributed by atoms with Gasteiger partial charge < -0.3 is 34.8 Å². The Morgan fingerprint density at radius 2 is 0.716 bits per heavy atom. The molecule has 74 heavy (non-hydrogen) atoms. The molecule has 4 aromatic rings. The average Bonchev–Trinajstić information content (AvgIpc) is 3.33. The number of hydrogen-bond acceptors (Lipinski definition) is 25. The Bertz CT molecular complexity index is 2360. The van der Waals surface area contributed by atoms with Crippen LogP contribution in [0.25, 0.3) is 0 Å². The molecule has 0 spiro atoms. The lowest BCUT2D eigenvalue weighted by Crippen LogP contribution is -2.38. The molecule has 0 amide bonds. The Kier molecular flexibility index (Phi) is 25.1. The first-order chi connectivity index (χ1) is 34.6. The van der Waals surface area contributed by atoms with Gasteiger partial charge in [0.2, 0.25) is 0 Å². The van der Waals surface area contributed by atoms with Gasteiger partial charge in [-0.15, -0.1) is 0 Å². The normalized spacial score (nSPS) is 10.9. The first-order valence-electron chi connectivity index (χ1n) is 21.3. The average molecular weight is 1050 g/mol. The Morgan fingerprint density at radius 3 is 0.959 bits per heavy atom. The third kappa shape index (κ3) is 19.0. The molecule has 0 aliphatic carbocycles. The van der Waals surface area contributed by atoms with E-state index in [0.29, 0.717) is 42.4 Å². The summed E-state index contributed by atoms with van der Waals surface area (Å²) in [7, 11) is 2.23. The number of phenols is 3. The Morgan fingerprint density at radius 1 is 0.446 bits per heavy atom. The summed E-state index contributed by atoms with van der Waals surface area (Å²) in [6.45, 7) is 19.6. The van der Waals surface area contributed by atoms with E-state index in [9.17, 15) is 91.0 Å².